The molecule has 0 amide bonds. The molecule has 1 heterocycles. The van der Waals surface area contributed by atoms with Crippen LogP contribution in [0.3, 0.4) is 0 Å². The van der Waals surface area contributed by atoms with E-state index in [0.717, 1.165) is 30.9 Å². The van der Waals surface area contributed by atoms with Crippen LogP contribution >= 0.6 is 0 Å². The first-order valence-corrected chi connectivity index (χ1v) is 9.15. The van der Waals surface area contributed by atoms with Crippen LogP contribution in [-0.2, 0) is 6.42 Å². The van der Waals surface area contributed by atoms with Crippen LogP contribution in [0, 0.1) is 6.92 Å². The van der Waals surface area contributed by atoms with Crippen LogP contribution in [0.15, 0.2) is 66.7 Å². The van der Waals surface area contributed by atoms with Gasteiger partial charge >= 0.3 is 0 Å². The van der Waals surface area contributed by atoms with Gasteiger partial charge in [-0.15, -0.1) is 0 Å². The molecule has 0 radical (unpaired) electrons. The predicted molar refractivity (Wildman–Crippen MR) is 109 cm³/mol. The van der Waals surface area contributed by atoms with Crippen LogP contribution in [0.4, 0.5) is 11.8 Å². The van der Waals surface area contributed by atoms with Crippen molar-refractivity contribution in [3.63, 3.8) is 0 Å². The fourth-order valence-electron chi connectivity index (χ4n) is 2.91. The summed E-state index contributed by atoms with van der Waals surface area (Å²) in [5.74, 6) is 1.53. The van der Waals surface area contributed by atoms with E-state index in [1.807, 2.05) is 25.1 Å². The van der Waals surface area contributed by atoms with Gasteiger partial charge in [-0.05, 0) is 37.8 Å². The molecule has 1 atom stereocenters. The zero-order chi connectivity index (χ0) is 18.2. The number of hydrogen-bond donors (Lipinski definition) is 2. The van der Waals surface area contributed by atoms with Crippen LogP contribution in [0.5, 0.6) is 0 Å². The van der Waals surface area contributed by atoms with E-state index < -0.39 is 0 Å². The van der Waals surface area contributed by atoms with Gasteiger partial charge in [-0.3, -0.25) is 0 Å². The monoisotopic (exact) mass is 346 g/mol. The number of rotatable bonds is 8. The molecule has 1 unspecified atom stereocenters. The number of nitrogens with zero attached hydrogens (tertiary/aromatic N) is 2. The summed E-state index contributed by atoms with van der Waals surface area (Å²) in [6.45, 7) is 4.99. The Balaban J connectivity index is 1.55. The van der Waals surface area contributed by atoms with E-state index in [4.69, 9.17) is 0 Å². The van der Waals surface area contributed by atoms with Gasteiger partial charge in [0, 0.05) is 24.3 Å². The molecule has 0 aliphatic heterocycles. The Morgan fingerprint density at radius 3 is 2.35 bits per heavy atom. The minimum Gasteiger partial charge on any atom is -0.363 e. The molecule has 134 valence electrons. The summed E-state index contributed by atoms with van der Waals surface area (Å²) in [5, 5.41) is 6.81. The molecular weight excluding hydrogens is 320 g/mol. The lowest BCUT2D eigenvalue weighted by Crippen LogP contribution is -2.12. The van der Waals surface area contributed by atoms with Gasteiger partial charge in [-0.25, -0.2) is 4.98 Å². The van der Waals surface area contributed by atoms with E-state index in [-0.39, 0.29) is 6.04 Å². The Morgan fingerprint density at radius 2 is 1.62 bits per heavy atom. The second-order valence-electron chi connectivity index (χ2n) is 6.51. The van der Waals surface area contributed by atoms with E-state index in [0.29, 0.717) is 5.95 Å². The van der Waals surface area contributed by atoms with Gasteiger partial charge in [-0.2, -0.15) is 4.98 Å². The molecule has 0 bridgehead atoms. The SMILES string of the molecule is Cc1cc(NC(C)c2ccccc2)nc(NCCCc2ccccc2)n1. The number of hydrogen-bond acceptors (Lipinski definition) is 4. The molecule has 26 heavy (non-hydrogen) atoms. The molecule has 0 fully saturated rings. The Bertz CT molecular complexity index is 803. The number of benzene rings is 2. The van der Waals surface area contributed by atoms with Crippen molar-refractivity contribution in [1.82, 2.24) is 9.97 Å². The van der Waals surface area contributed by atoms with E-state index in [1.54, 1.807) is 0 Å². The lowest BCUT2D eigenvalue weighted by molar-refractivity contribution is 0.845. The Kier molecular flexibility index (Phi) is 6.20. The minimum absolute atomic E-state index is 0.191. The van der Waals surface area contributed by atoms with E-state index in [9.17, 15) is 0 Å². The van der Waals surface area contributed by atoms with E-state index in [2.05, 4.69) is 76.1 Å². The normalized spacial score (nSPS) is 11.8. The number of aryl methyl sites for hydroxylation is 2. The first-order chi connectivity index (χ1) is 12.7. The van der Waals surface area contributed by atoms with Gasteiger partial charge in [0.05, 0.1) is 0 Å². The van der Waals surface area contributed by atoms with Crippen LogP contribution in [0.1, 0.15) is 36.2 Å². The van der Waals surface area contributed by atoms with Crippen molar-refractivity contribution in [2.24, 2.45) is 0 Å². The summed E-state index contributed by atoms with van der Waals surface area (Å²) >= 11 is 0. The lowest BCUT2D eigenvalue weighted by atomic mass is 10.1. The zero-order valence-corrected chi connectivity index (χ0v) is 15.4. The molecule has 4 nitrogen and oxygen atoms in total. The Morgan fingerprint density at radius 1 is 0.923 bits per heavy atom. The van der Waals surface area contributed by atoms with Gasteiger partial charge in [0.1, 0.15) is 5.82 Å². The summed E-state index contributed by atoms with van der Waals surface area (Å²) in [5.41, 5.74) is 3.55. The Hall–Kier alpha value is -2.88. The molecule has 0 saturated carbocycles. The maximum atomic E-state index is 4.61. The van der Waals surface area contributed by atoms with Crippen molar-refractivity contribution >= 4 is 11.8 Å². The molecule has 2 N–H and O–H groups in total. The van der Waals surface area contributed by atoms with Crippen molar-refractivity contribution < 1.29 is 0 Å². The fraction of sp³-hybridized carbons (Fsp3) is 0.273. The van der Waals surface area contributed by atoms with Crippen LogP contribution < -0.4 is 10.6 Å². The lowest BCUT2D eigenvalue weighted by Gasteiger charge is -2.16. The smallest absolute Gasteiger partial charge is 0.224 e. The molecule has 1 aromatic heterocycles. The largest absolute Gasteiger partial charge is 0.363 e. The molecule has 0 saturated heterocycles. The van der Waals surface area contributed by atoms with Crippen molar-refractivity contribution in [1.29, 1.82) is 0 Å². The molecule has 4 heteroatoms. The highest BCUT2D eigenvalue weighted by Crippen LogP contribution is 2.19. The summed E-state index contributed by atoms with van der Waals surface area (Å²) in [6, 6.07) is 23.1. The average molecular weight is 346 g/mol. The summed E-state index contributed by atoms with van der Waals surface area (Å²) in [4.78, 5) is 9.11. The zero-order valence-electron chi connectivity index (χ0n) is 15.4. The van der Waals surface area contributed by atoms with Crippen molar-refractivity contribution in [2.45, 2.75) is 32.7 Å². The summed E-state index contributed by atoms with van der Waals surface area (Å²) in [7, 11) is 0. The third kappa shape index (κ3) is 5.31. The second-order valence-corrected chi connectivity index (χ2v) is 6.51. The van der Waals surface area contributed by atoms with Crippen molar-refractivity contribution in [3.8, 4) is 0 Å². The van der Waals surface area contributed by atoms with Crippen molar-refractivity contribution in [3.05, 3.63) is 83.6 Å². The van der Waals surface area contributed by atoms with Crippen LogP contribution in [0.2, 0.25) is 0 Å². The van der Waals surface area contributed by atoms with Gasteiger partial charge in [-0.1, -0.05) is 60.7 Å². The first kappa shape index (κ1) is 17.9. The van der Waals surface area contributed by atoms with Gasteiger partial charge in [0.25, 0.3) is 0 Å². The number of aromatic nitrogens is 2. The van der Waals surface area contributed by atoms with E-state index in [1.165, 1.54) is 11.1 Å². The molecule has 3 rings (SSSR count). The minimum atomic E-state index is 0.191. The molecule has 2 aromatic carbocycles. The summed E-state index contributed by atoms with van der Waals surface area (Å²) < 4.78 is 0. The maximum Gasteiger partial charge on any atom is 0.224 e. The van der Waals surface area contributed by atoms with Gasteiger partial charge < -0.3 is 10.6 Å². The summed E-state index contributed by atoms with van der Waals surface area (Å²) in [6.07, 6.45) is 2.10. The van der Waals surface area contributed by atoms with Crippen LogP contribution in [0.25, 0.3) is 0 Å². The standard InChI is InChI=1S/C22H26N4/c1-17-16-21(25-18(2)20-13-7-4-8-14-20)26-22(24-17)23-15-9-12-19-10-5-3-6-11-19/h3-8,10-11,13-14,16,18H,9,12,15H2,1-2H3,(H2,23,24,25,26). The third-order valence-corrected chi connectivity index (χ3v) is 4.29. The topological polar surface area (TPSA) is 49.8 Å². The molecule has 0 spiro atoms. The maximum absolute atomic E-state index is 4.61. The molecule has 3 aromatic rings. The highest BCUT2D eigenvalue weighted by molar-refractivity contribution is 5.44. The predicted octanol–water partition coefficient (Wildman–Crippen LogP) is 5.00. The van der Waals surface area contributed by atoms with E-state index >= 15 is 0 Å². The van der Waals surface area contributed by atoms with Crippen LogP contribution in [-0.4, -0.2) is 16.5 Å². The van der Waals surface area contributed by atoms with Gasteiger partial charge in [0.2, 0.25) is 5.95 Å². The first-order valence-electron chi connectivity index (χ1n) is 9.15. The number of anilines is 2. The second kappa shape index (κ2) is 8.99. The molecular formula is C22H26N4. The third-order valence-electron chi connectivity index (χ3n) is 4.29. The average Bonchev–Trinajstić information content (AvgIpc) is 2.66. The molecule has 0 aliphatic rings. The van der Waals surface area contributed by atoms with Gasteiger partial charge in [0.15, 0.2) is 0 Å². The quantitative estimate of drug-likeness (QED) is 0.563. The highest BCUT2D eigenvalue weighted by atomic mass is 15.1. The fourth-order valence-corrected chi connectivity index (χ4v) is 2.91. The highest BCUT2D eigenvalue weighted by Gasteiger charge is 2.07. The molecule has 0 aliphatic carbocycles. The van der Waals surface area contributed by atoms with Crippen molar-refractivity contribution in [2.75, 3.05) is 17.2 Å². The Labute approximate surface area is 155 Å². The number of nitrogens with one attached hydrogen (secondary N) is 2.